The van der Waals surface area contributed by atoms with Gasteiger partial charge in [0, 0.05) is 0 Å². The summed E-state index contributed by atoms with van der Waals surface area (Å²) in [7, 11) is 1.31. The molecule has 0 radical (unpaired) electrons. The molecule has 0 spiro atoms. The van der Waals surface area contributed by atoms with Crippen molar-refractivity contribution in [1.82, 2.24) is 5.32 Å². The van der Waals surface area contributed by atoms with Crippen LogP contribution in [-0.4, -0.2) is 31.6 Å². The minimum Gasteiger partial charge on any atom is -0.465 e. The molecule has 1 aliphatic rings. The molecule has 6 nitrogen and oxygen atoms in total. The number of nitrogens with one attached hydrogen (secondary N) is 2. The Hall–Kier alpha value is -2.08. The monoisotopic (exact) mass is 263 g/mol. The molecule has 1 aliphatic heterocycles. The van der Waals surface area contributed by atoms with Gasteiger partial charge < -0.3 is 21.1 Å². The molecule has 0 aromatic heterocycles. The zero-order chi connectivity index (χ0) is 13.8. The molecule has 1 heterocycles. The van der Waals surface area contributed by atoms with E-state index in [0.717, 1.165) is 19.4 Å². The molecule has 1 unspecified atom stereocenters. The van der Waals surface area contributed by atoms with E-state index in [1.54, 1.807) is 12.1 Å². The van der Waals surface area contributed by atoms with Crippen LogP contribution >= 0.6 is 0 Å². The van der Waals surface area contributed by atoms with E-state index in [4.69, 9.17) is 5.73 Å². The summed E-state index contributed by atoms with van der Waals surface area (Å²) in [5.74, 6) is -0.558. The first-order valence-corrected chi connectivity index (χ1v) is 6.14. The number of amides is 1. The van der Waals surface area contributed by atoms with Crippen LogP contribution in [0.1, 0.15) is 23.2 Å². The number of hydrogen-bond acceptors (Lipinski definition) is 5. The van der Waals surface area contributed by atoms with Crippen LogP contribution in [0.4, 0.5) is 11.4 Å². The third kappa shape index (κ3) is 3.03. The van der Waals surface area contributed by atoms with Crippen LogP contribution in [0.25, 0.3) is 0 Å². The van der Waals surface area contributed by atoms with Gasteiger partial charge in [0.2, 0.25) is 5.91 Å². The van der Waals surface area contributed by atoms with Crippen molar-refractivity contribution in [3.05, 3.63) is 23.8 Å². The molecule has 0 saturated carbocycles. The number of hydrogen-bond donors (Lipinski definition) is 3. The number of ether oxygens (including phenoxy) is 1. The molecule has 1 aromatic rings. The third-order valence-electron chi connectivity index (χ3n) is 3.11. The first-order valence-electron chi connectivity index (χ1n) is 6.14. The zero-order valence-electron chi connectivity index (χ0n) is 10.7. The highest BCUT2D eigenvalue weighted by Crippen LogP contribution is 2.21. The fourth-order valence-corrected chi connectivity index (χ4v) is 2.05. The average Bonchev–Trinajstić information content (AvgIpc) is 2.94. The first kappa shape index (κ1) is 13.4. The number of rotatable bonds is 3. The number of methoxy groups -OCH3 is 1. The molecule has 1 atom stereocenters. The van der Waals surface area contributed by atoms with Crippen LogP contribution in [0, 0.1) is 0 Å². The van der Waals surface area contributed by atoms with Gasteiger partial charge in [-0.25, -0.2) is 4.79 Å². The Kier molecular flexibility index (Phi) is 4.01. The molecule has 6 heteroatoms. The van der Waals surface area contributed by atoms with Crippen molar-refractivity contribution in [1.29, 1.82) is 0 Å². The highest BCUT2D eigenvalue weighted by molar-refractivity contribution is 5.99. The Morgan fingerprint density at radius 3 is 2.84 bits per heavy atom. The van der Waals surface area contributed by atoms with Gasteiger partial charge in [-0.1, -0.05) is 0 Å². The second-order valence-corrected chi connectivity index (χ2v) is 4.43. The topological polar surface area (TPSA) is 93.4 Å². The SMILES string of the molecule is COC(=O)c1ccc(NC(=O)C2CCCN2)c(N)c1. The number of benzene rings is 1. The molecule has 19 heavy (non-hydrogen) atoms. The second-order valence-electron chi connectivity index (χ2n) is 4.43. The predicted molar refractivity (Wildman–Crippen MR) is 71.8 cm³/mol. The van der Waals surface area contributed by atoms with Gasteiger partial charge in [-0.2, -0.15) is 0 Å². The van der Waals surface area contributed by atoms with Gasteiger partial charge in [0.05, 0.1) is 30.1 Å². The minimum absolute atomic E-state index is 0.102. The molecule has 4 N–H and O–H groups in total. The summed E-state index contributed by atoms with van der Waals surface area (Å²) in [5.41, 5.74) is 7.02. The van der Waals surface area contributed by atoms with E-state index in [1.807, 2.05) is 0 Å². The maximum absolute atomic E-state index is 11.9. The molecule has 1 aromatic carbocycles. The molecule has 1 fully saturated rings. The number of anilines is 2. The maximum Gasteiger partial charge on any atom is 0.337 e. The Morgan fingerprint density at radius 2 is 2.26 bits per heavy atom. The molecule has 1 saturated heterocycles. The van der Waals surface area contributed by atoms with E-state index in [0.29, 0.717) is 16.9 Å². The minimum atomic E-state index is -0.456. The maximum atomic E-state index is 11.9. The van der Waals surface area contributed by atoms with Crippen molar-refractivity contribution in [2.24, 2.45) is 0 Å². The summed E-state index contributed by atoms with van der Waals surface area (Å²) >= 11 is 0. The summed E-state index contributed by atoms with van der Waals surface area (Å²) in [6, 6.07) is 4.50. The number of esters is 1. The van der Waals surface area contributed by atoms with E-state index < -0.39 is 5.97 Å². The third-order valence-corrected chi connectivity index (χ3v) is 3.11. The van der Waals surface area contributed by atoms with Gasteiger partial charge in [-0.05, 0) is 37.6 Å². The number of carbonyl (C=O) groups excluding carboxylic acids is 2. The number of carbonyl (C=O) groups is 2. The van der Waals surface area contributed by atoms with Gasteiger partial charge in [0.15, 0.2) is 0 Å². The molecular weight excluding hydrogens is 246 g/mol. The quantitative estimate of drug-likeness (QED) is 0.552. The van der Waals surface area contributed by atoms with Crippen molar-refractivity contribution < 1.29 is 14.3 Å². The van der Waals surface area contributed by atoms with Crippen molar-refractivity contribution in [3.63, 3.8) is 0 Å². The van der Waals surface area contributed by atoms with Crippen LogP contribution < -0.4 is 16.4 Å². The Balaban J connectivity index is 2.08. The van der Waals surface area contributed by atoms with E-state index in [2.05, 4.69) is 15.4 Å². The highest BCUT2D eigenvalue weighted by Gasteiger charge is 2.22. The highest BCUT2D eigenvalue weighted by atomic mass is 16.5. The Bertz CT molecular complexity index is 496. The Labute approximate surface area is 111 Å². The largest absolute Gasteiger partial charge is 0.465 e. The van der Waals surface area contributed by atoms with Crippen LogP contribution in [0.3, 0.4) is 0 Å². The van der Waals surface area contributed by atoms with E-state index >= 15 is 0 Å². The summed E-state index contributed by atoms with van der Waals surface area (Å²) in [5, 5.41) is 5.87. The van der Waals surface area contributed by atoms with Gasteiger partial charge in [-0.15, -0.1) is 0 Å². The van der Waals surface area contributed by atoms with Crippen LogP contribution in [0.2, 0.25) is 0 Å². The van der Waals surface area contributed by atoms with Gasteiger partial charge >= 0.3 is 5.97 Å². The number of nitrogens with two attached hydrogens (primary N) is 1. The summed E-state index contributed by atoms with van der Waals surface area (Å²) in [6.45, 7) is 0.856. The van der Waals surface area contributed by atoms with Crippen molar-refractivity contribution >= 4 is 23.3 Å². The van der Waals surface area contributed by atoms with Crippen LogP contribution in [0.15, 0.2) is 18.2 Å². The Morgan fingerprint density at radius 1 is 1.47 bits per heavy atom. The molecule has 102 valence electrons. The molecule has 0 aliphatic carbocycles. The smallest absolute Gasteiger partial charge is 0.337 e. The number of nitrogen functional groups attached to an aromatic ring is 1. The predicted octanol–water partition coefficient (Wildman–Crippen LogP) is 0.746. The summed E-state index contributed by atoms with van der Waals surface area (Å²) < 4.78 is 4.60. The fraction of sp³-hybridized carbons (Fsp3) is 0.385. The van der Waals surface area contributed by atoms with Gasteiger partial charge in [0.25, 0.3) is 0 Å². The van der Waals surface area contributed by atoms with Crippen LogP contribution in [0.5, 0.6) is 0 Å². The zero-order valence-corrected chi connectivity index (χ0v) is 10.7. The van der Waals surface area contributed by atoms with Gasteiger partial charge in [-0.3, -0.25) is 4.79 Å². The molecule has 2 rings (SSSR count). The fourth-order valence-electron chi connectivity index (χ4n) is 2.05. The van der Waals surface area contributed by atoms with E-state index in [9.17, 15) is 9.59 Å². The molecule has 1 amide bonds. The first-order chi connectivity index (χ1) is 9.11. The lowest BCUT2D eigenvalue weighted by Gasteiger charge is -2.13. The lowest BCUT2D eigenvalue weighted by atomic mass is 10.1. The van der Waals surface area contributed by atoms with E-state index in [-0.39, 0.29) is 11.9 Å². The molecule has 0 bridgehead atoms. The summed E-state index contributed by atoms with van der Waals surface area (Å²) in [6.07, 6.45) is 1.82. The molecular formula is C13H17N3O3. The van der Waals surface area contributed by atoms with Crippen molar-refractivity contribution in [3.8, 4) is 0 Å². The second kappa shape index (κ2) is 5.71. The van der Waals surface area contributed by atoms with Crippen molar-refractivity contribution in [2.45, 2.75) is 18.9 Å². The lowest BCUT2D eigenvalue weighted by Crippen LogP contribution is -2.35. The van der Waals surface area contributed by atoms with Crippen LogP contribution in [-0.2, 0) is 9.53 Å². The lowest BCUT2D eigenvalue weighted by molar-refractivity contribution is -0.117. The standard InChI is InChI=1S/C13H17N3O3/c1-19-13(18)8-4-5-10(9(14)7-8)16-12(17)11-3-2-6-15-11/h4-5,7,11,15H,2-3,6,14H2,1H3,(H,16,17). The summed E-state index contributed by atoms with van der Waals surface area (Å²) in [4.78, 5) is 23.3. The normalized spacial score (nSPS) is 18.1. The van der Waals surface area contributed by atoms with Gasteiger partial charge in [0.1, 0.15) is 0 Å². The van der Waals surface area contributed by atoms with Crippen molar-refractivity contribution in [2.75, 3.05) is 24.7 Å². The van der Waals surface area contributed by atoms with E-state index in [1.165, 1.54) is 13.2 Å². The average molecular weight is 263 g/mol.